The van der Waals surface area contributed by atoms with Crippen LogP contribution in [0.1, 0.15) is 5.76 Å². The molecule has 0 saturated carbocycles. The van der Waals surface area contributed by atoms with Gasteiger partial charge in [0.15, 0.2) is 12.3 Å². The van der Waals surface area contributed by atoms with Gasteiger partial charge in [0.25, 0.3) is 5.91 Å². The Hall–Kier alpha value is -2.14. The van der Waals surface area contributed by atoms with Crippen LogP contribution in [0, 0.1) is 5.82 Å². The number of hydrogen-bond acceptors (Lipinski definition) is 2. The van der Waals surface area contributed by atoms with E-state index in [0.717, 1.165) is 10.7 Å². The fourth-order valence-corrected chi connectivity index (χ4v) is 1.79. The molecule has 1 amide bonds. The Morgan fingerprint density at radius 3 is 2.68 bits per heavy atom. The maximum Gasteiger partial charge on any atom is 0.279 e. The molecule has 0 aliphatic rings. The molecule has 1 aromatic heterocycles. The van der Waals surface area contributed by atoms with Crippen molar-refractivity contribution in [2.45, 2.75) is 6.54 Å². The van der Waals surface area contributed by atoms with E-state index in [9.17, 15) is 9.18 Å². The van der Waals surface area contributed by atoms with Crippen LogP contribution in [0.25, 0.3) is 0 Å². The molecule has 2 rings (SSSR count). The SMILES string of the molecule is C[NH+](CC(=O)Nc1ccc(F)cc1)Cc1ccco1. The smallest absolute Gasteiger partial charge is 0.279 e. The fourth-order valence-electron chi connectivity index (χ4n) is 1.79. The molecule has 0 spiro atoms. The Balaban J connectivity index is 1.82. The third-order valence-corrected chi connectivity index (χ3v) is 2.65. The summed E-state index contributed by atoms with van der Waals surface area (Å²) in [6, 6.07) is 9.40. The molecule has 2 aromatic rings. The fraction of sp³-hybridized carbons (Fsp3) is 0.214. The quantitative estimate of drug-likeness (QED) is 0.847. The number of hydrogen-bond donors (Lipinski definition) is 2. The van der Waals surface area contributed by atoms with E-state index in [0.29, 0.717) is 18.8 Å². The lowest BCUT2D eigenvalue weighted by atomic mass is 10.3. The summed E-state index contributed by atoms with van der Waals surface area (Å²) in [4.78, 5) is 12.8. The number of rotatable bonds is 5. The van der Waals surface area contributed by atoms with Gasteiger partial charge in [0.2, 0.25) is 0 Å². The first-order valence-corrected chi connectivity index (χ1v) is 6.02. The van der Waals surface area contributed by atoms with Crippen LogP contribution in [0.4, 0.5) is 10.1 Å². The van der Waals surface area contributed by atoms with Crippen molar-refractivity contribution < 1.29 is 18.5 Å². The average molecular weight is 263 g/mol. The van der Waals surface area contributed by atoms with E-state index >= 15 is 0 Å². The van der Waals surface area contributed by atoms with E-state index in [1.165, 1.54) is 24.3 Å². The number of quaternary nitrogens is 1. The minimum absolute atomic E-state index is 0.115. The number of amides is 1. The highest BCUT2D eigenvalue weighted by molar-refractivity contribution is 5.91. The summed E-state index contributed by atoms with van der Waals surface area (Å²) >= 11 is 0. The van der Waals surface area contributed by atoms with Gasteiger partial charge in [-0.25, -0.2) is 4.39 Å². The summed E-state index contributed by atoms with van der Waals surface area (Å²) in [5.74, 6) is 0.404. The van der Waals surface area contributed by atoms with Gasteiger partial charge in [0.05, 0.1) is 13.3 Å². The van der Waals surface area contributed by atoms with Crippen molar-refractivity contribution in [2.75, 3.05) is 18.9 Å². The maximum absolute atomic E-state index is 12.7. The standard InChI is InChI=1S/C14H15FN2O2/c1-17(9-13-3-2-8-19-13)10-14(18)16-12-6-4-11(15)5-7-12/h2-8H,9-10H2,1H3,(H,16,18)/p+1. The molecule has 0 radical (unpaired) electrons. The second-order valence-corrected chi connectivity index (χ2v) is 4.45. The van der Waals surface area contributed by atoms with Gasteiger partial charge >= 0.3 is 0 Å². The molecule has 0 aliphatic heterocycles. The summed E-state index contributed by atoms with van der Waals surface area (Å²) in [7, 11) is 1.91. The summed E-state index contributed by atoms with van der Waals surface area (Å²) in [5.41, 5.74) is 0.595. The van der Waals surface area contributed by atoms with E-state index < -0.39 is 0 Å². The zero-order valence-corrected chi connectivity index (χ0v) is 10.7. The lowest BCUT2D eigenvalue weighted by molar-refractivity contribution is -0.886. The number of furan rings is 1. The molecule has 100 valence electrons. The van der Waals surface area contributed by atoms with Crippen LogP contribution >= 0.6 is 0 Å². The van der Waals surface area contributed by atoms with Gasteiger partial charge in [-0.15, -0.1) is 0 Å². The number of halogens is 1. The molecule has 0 saturated heterocycles. The maximum atomic E-state index is 12.7. The second-order valence-electron chi connectivity index (χ2n) is 4.45. The highest BCUT2D eigenvalue weighted by Gasteiger charge is 2.11. The molecule has 2 N–H and O–H groups in total. The zero-order chi connectivity index (χ0) is 13.7. The minimum atomic E-state index is -0.321. The Morgan fingerprint density at radius 1 is 1.32 bits per heavy atom. The number of nitrogens with one attached hydrogen (secondary N) is 2. The summed E-state index contributed by atoms with van der Waals surface area (Å²) in [6.45, 7) is 0.960. The van der Waals surface area contributed by atoms with Crippen LogP contribution in [0.2, 0.25) is 0 Å². The van der Waals surface area contributed by atoms with Gasteiger partial charge in [-0.3, -0.25) is 4.79 Å². The predicted octanol–water partition coefficient (Wildman–Crippen LogP) is 1.07. The van der Waals surface area contributed by atoms with E-state index in [4.69, 9.17) is 4.42 Å². The van der Waals surface area contributed by atoms with Crippen LogP contribution in [-0.2, 0) is 11.3 Å². The molecule has 0 aliphatic carbocycles. The number of benzene rings is 1. The highest BCUT2D eigenvalue weighted by atomic mass is 19.1. The molecular weight excluding hydrogens is 247 g/mol. The summed E-state index contributed by atoms with van der Waals surface area (Å²) in [5, 5.41) is 2.72. The summed E-state index contributed by atoms with van der Waals surface area (Å²) < 4.78 is 17.9. The molecule has 1 atom stereocenters. The van der Waals surface area contributed by atoms with Crippen molar-refractivity contribution in [3.8, 4) is 0 Å². The number of carbonyl (C=O) groups is 1. The topological polar surface area (TPSA) is 46.7 Å². The molecule has 1 unspecified atom stereocenters. The molecule has 1 aromatic carbocycles. The van der Waals surface area contributed by atoms with E-state index in [2.05, 4.69) is 5.32 Å². The van der Waals surface area contributed by atoms with Crippen molar-refractivity contribution in [1.29, 1.82) is 0 Å². The lowest BCUT2D eigenvalue weighted by Gasteiger charge is -2.12. The van der Waals surface area contributed by atoms with Crippen LogP contribution in [0.15, 0.2) is 47.1 Å². The monoisotopic (exact) mass is 263 g/mol. The van der Waals surface area contributed by atoms with Crippen LogP contribution in [0.5, 0.6) is 0 Å². The van der Waals surface area contributed by atoms with Crippen LogP contribution in [0.3, 0.4) is 0 Å². The summed E-state index contributed by atoms with van der Waals surface area (Å²) in [6.07, 6.45) is 1.61. The first kappa shape index (κ1) is 13.3. The Bertz CT molecular complexity index is 523. The molecule has 0 bridgehead atoms. The van der Waals surface area contributed by atoms with E-state index in [1.807, 2.05) is 19.2 Å². The molecule has 0 fully saturated rings. The van der Waals surface area contributed by atoms with E-state index in [-0.39, 0.29) is 11.7 Å². The molecule has 1 heterocycles. The number of likely N-dealkylation sites (N-methyl/N-ethyl adjacent to an activating group) is 1. The van der Waals surface area contributed by atoms with Crippen molar-refractivity contribution in [1.82, 2.24) is 0 Å². The first-order valence-electron chi connectivity index (χ1n) is 6.02. The second kappa shape index (κ2) is 6.15. The van der Waals surface area contributed by atoms with Crippen molar-refractivity contribution in [3.05, 3.63) is 54.2 Å². The zero-order valence-electron chi connectivity index (χ0n) is 10.7. The Kier molecular flexibility index (Phi) is 4.30. The van der Waals surface area contributed by atoms with Crippen molar-refractivity contribution in [3.63, 3.8) is 0 Å². The van der Waals surface area contributed by atoms with Crippen LogP contribution in [-0.4, -0.2) is 19.5 Å². The van der Waals surface area contributed by atoms with Gasteiger partial charge in [0.1, 0.15) is 12.4 Å². The van der Waals surface area contributed by atoms with Gasteiger partial charge in [0, 0.05) is 5.69 Å². The van der Waals surface area contributed by atoms with Gasteiger partial charge in [-0.05, 0) is 36.4 Å². The third-order valence-electron chi connectivity index (χ3n) is 2.65. The lowest BCUT2D eigenvalue weighted by Crippen LogP contribution is -3.08. The van der Waals surface area contributed by atoms with Crippen LogP contribution < -0.4 is 10.2 Å². The van der Waals surface area contributed by atoms with Gasteiger partial charge < -0.3 is 14.6 Å². The Labute approximate surface area is 110 Å². The highest BCUT2D eigenvalue weighted by Crippen LogP contribution is 2.07. The van der Waals surface area contributed by atoms with Gasteiger partial charge in [-0.2, -0.15) is 0 Å². The molecule has 19 heavy (non-hydrogen) atoms. The third kappa shape index (κ3) is 4.22. The molecule has 4 nitrogen and oxygen atoms in total. The molecular formula is C14H16FN2O2+. The van der Waals surface area contributed by atoms with E-state index in [1.54, 1.807) is 6.26 Å². The molecule has 5 heteroatoms. The Morgan fingerprint density at radius 2 is 2.05 bits per heavy atom. The van der Waals surface area contributed by atoms with Gasteiger partial charge in [-0.1, -0.05) is 0 Å². The first-order chi connectivity index (χ1) is 9.13. The number of anilines is 1. The van der Waals surface area contributed by atoms with Crippen molar-refractivity contribution >= 4 is 11.6 Å². The minimum Gasteiger partial charge on any atom is -0.463 e. The normalized spacial score (nSPS) is 12.1. The van der Waals surface area contributed by atoms with Crippen molar-refractivity contribution in [2.24, 2.45) is 0 Å². The predicted molar refractivity (Wildman–Crippen MR) is 69.2 cm³/mol. The largest absolute Gasteiger partial charge is 0.463 e. The number of carbonyl (C=O) groups excluding carboxylic acids is 1. The average Bonchev–Trinajstić information content (AvgIpc) is 2.84.